The lowest BCUT2D eigenvalue weighted by molar-refractivity contribution is -0.148. The number of aromatic nitrogens is 6. The molecule has 3 heterocycles. The number of rotatable bonds is 9. The number of pyridine rings is 1. The highest BCUT2D eigenvalue weighted by atomic mass is 16.5. The second-order valence-corrected chi connectivity index (χ2v) is 8.69. The first kappa shape index (κ1) is 22.6. The minimum absolute atomic E-state index is 0.0515. The van der Waals surface area contributed by atoms with Crippen LogP contribution in [0.4, 0.5) is 5.95 Å². The molecule has 1 saturated carbocycles. The van der Waals surface area contributed by atoms with Crippen LogP contribution in [0, 0.1) is 18.8 Å². The van der Waals surface area contributed by atoms with E-state index in [4.69, 9.17) is 4.74 Å². The van der Waals surface area contributed by atoms with Crippen molar-refractivity contribution in [3.8, 4) is 17.1 Å². The molecule has 33 heavy (non-hydrogen) atoms. The van der Waals surface area contributed by atoms with Gasteiger partial charge in [0, 0.05) is 24.9 Å². The Balaban J connectivity index is 1.46. The van der Waals surface area contributed by atoms with Gasteiger partial charge in [-0.2, -0.15) is 0 Å². The number of hydrogen-bond donors (Lipinski definition) is 2. The molecule has 2 atom stereocenters. The van der Waals surface area contributed by atoms with Crippen LogP contribution in [0.3, 0.4) is 0 Å². The van der Waals surface area contributed by atoms with Crippen LogP contribution in [0.25, 0.3) is 11.4 Å². The molecular weight excluding hydrogens is 422 g/mol. The van der Waals surface area contributed by atoms with Crippen molar-refractivity contribution in [3.63, 3.8) is 0 Å². The largest absolute Gasteiger partial charge is 0.491 e. The minimum Gasteiger partial charge on any atom is -0.491 e. The third-order valence-corrected chi connectivity index (χ3v) is 6.09. The fourth-order valence-electron chi connectivity index (χ4n) is 3.84. The summed E-state index contributed by atoms with van der Waals surface area (Å²) in [6, 6.07) is 5.62. The lowest BCUT2D eigenvalue weighted by atomic mass is 9.74. The van der Waals surface area contributed by atoms with E-state index in [0.29, 0.717) is 42.2 Å². The maximum Gasteiger partial charge on any atom is 0.306 e. The van der Waals surface area contributed by atoms with Crippen molar-refractivity contribution < 1.29 is 14.6 Å². The van der Waals surface area contributed by atoms with Crippen LogP contribution in [-0.4, -0.2) is 47.6 Å². The zero-order chi connectivity index (χ0) is 23.5. The number of carboxylic acids is 1. The second-order valence-electron chi connectivity index (χ2n) is 8.69. The average Bonchev–Trinajstić information content (AvgIpc) is 3.12. The molecule has 3 aromatic heterocycles. The van der Waals surface area contributed by atoms with Gasteiger partial charge in [-0.3, -0.25) is 4.79 Å². The van der Waals surface area contributed by atoms with Crippen molar-refractivity contribution in [1.29, 1.82) is 0 Å². The summed E-state index contributed by atoms with van der Waals surface area (Å²) in [5, 5.41) is 20.9. The first-order valence-corrected chi connectivity index (χ1v) is 11.1. The summed E-state index contributed by atoms with van der Waals surface area (Å²) < 4.78 is 7.59. The molecule has 1 aliphatic carbocycles. The van der Waals surface area contributed by atoms with E-state index < -0.39 is 5.97 Å². The lowest BCUT2D eigenvalue weighted by Crippen LogP contribution is -2.36. The Hall–Kier alpha value is -3.56. The minimum atomic E-state index is -0.745. The Bertz CT molecular complexity index is 1140. The highest BCUT2D eigenvalue weighted by molar-refractivity contribution is 5.71. The first-order valence-electron chi connectivity index (χ1n) is 11.1. The summed E-state index contributed by atoms with van der Waals surface area (Å²) in [6.07, 6.45) is 3.34. The van der Waals surface area contributed by atoms with E-state index in [2.05, 4.69) is 44.4 Å². The molecule has 2 N–H and O–H groups in total. The van der Waals surface area contributed by atoms with E-state index in [9.17, 15) is 9.90 Å². The summed E-state index contributed by atoms with van der Waals surface area (Å²) >= 11 is 0. The van der Waals surface area contributed by atoms with Gasteiger partial charge >= 0.3 is 5.97 Å². The van der Waals surface area contributed by atoms with Crippen molar-refractivity contribution in [1.82, 2.24) is 29.9 Å². The van der Waals surface area contributed by atoms with E-state index in [1.165, 1.54) is 0 Å². The maximum absolute atomic E-state index is 11.2. The molecular formula is C23H29N7O3. The smallest absolute Gasteiger partial charge is 0.306 e. The second kappa shape index (κ2) is 9.51. The summed E-state index contributed by atoms with van der Waals surface area (Å²) in [6.45, 7) is 6.88. The summed E-state index contributed by atoms with van der Waals surface area (Å²) in [5.41, 5.74) is 3.91. The van der Waals surface area contributed by atoms with E-state index in [1.807, 2.05) is 32.2 Å². The highest BCUT2D eigenvalue weighted by Gasteiger charge is 2.37. The van der Waals surface area contributed by atoms with Gasteiger partial charge in [0.2, 0.25) is 5.95 Å². The number of ether oxygens (including phenoxy) is 1. The quantitative estimate of drug-likeness (QED) is 0.504. The van der Waals surface area contributed by atoms with E-state index in [0.717, 1.165) is 29.9 Å². The molecule has 10 heteroatoms. The molecule has 0 bridgehead atoms. The van der Waals surface area contributed by atoms with Crippen LogP contribution in [0.1, 0.15) is 49.7 Å². The van der Waals surface area contributed by atoms with Crippen molar-refractivity contribution >= 4 is 11.9 Å². The molecule has 4 rings (SSSR count). The SMILES string of the molecule is Cc1nc(-c2nnn(C)c2CNc2nccc(C(C)C)n2)ccc1OC[C@@H]1CC[C@H]1C(=O)O. The van der Waals surface area contributed by atoms with Crippen molar-refractivity contribution in [2.75, 3.05) is 11.9 Å². The van der Waals surface area contributed by atoms with Crippen LogP contribution in [0.5, 0.6) is 5.75 Å². The van der Waals surface area contributed by atoms with Gasteiger partial charge in [-0.15, -0.1) is 5.10 Å². The Kier molecular flexibility index (Phi) is 6.52. The van der Waals surface area contributed by atoms with Gasteiger partial charge in [0.05, 0.1) is 36.2 Å². The molecule has 10 nitrogen and oxygen atoms in total. The fourth-order valence-corrected chi connectivity index (χ4v) is 3.84. The zero-order valence-electron chi connectivity index (χ0n) is 19.3. The van der Waals surface area contributed by atoms with E-state index >= 15 is 0 Å². The summed E-state index contributed by atoms with van der Waals surface area (Å²) in [7, 11) is 1.83. The molecule has 0 amide bonds. The van der Waals surface area contributed by atoms with Crippen LogP contribution >= 0.6 is 0 Å². The Morgan fingerprint density at radius 3 is 2.76 bits per heavy atom. The van der Waals surface area contributed by atoms with Gasteiger partial charge in [-0.1, -0.05) is 19.1 Å². The van der Waals surface area contributed by atoms with Crippen LogP contribution in [0.2, 0.25) is 0 Å². The number of carboxylic acid groups (broad SMARTS) is 1. The summed E-state index contributed by atoms with van der Waals surface area (Å²) in [5.74, 6) is 0.516. The molecule has 0 aliphatic heterocycles. The Morgan fingerprint density at radius 1 is 1.27 bits per heavy atom. The molecule has 0 radical (unpaired) electrons. The summed E-state index contributed by atoms with van der Waals surface area (Å²) in [4.78, 5) is 24.7. The van der Waals surface area contributed by atoms with Crippen LogP contribution in [-0.2, 0) is 18.4 Å². The van der Waals surface area contributed by atoms with E-state index in [1.54, 1.807) is 10.9 Å². The third kappa shape index (κ3) is 4.94. The van der Waals surface area contributed by atoms with Crippen molar-refractivity contribution in [2.45, 2.75) is 46.1 Å². The number of aryl methyl sites for hydroxylation is 2. The normalized spacial score (nSPS) is 17.6. The Morgan fingerprint density at radius 2 is 2.09 bits per heavy atom. The maximum atomic E-state index is 11.2. The first-order chi connectivity index (χ1) is 15.8. The molecule has 0 spiro atoms. The van der Waals surface area contributed by atoms with Crippen LogP contribution in [0.15, 0.2) is 24.4 Å². The molecule has 1 fully saturated rings. The third-order valence-electron chi connectivity index (χ3n) is 6.09. The van der Waals surface area contributed by atoms with Gasteiger partial charge in [0.15, 0.2) is 0 Å². The molecule has 1 aliphatic rings. The molecule has 0 saturated heterocycles. The lowest BCUT2D eigenvalue weighted by Gasteiger charge is -2.33. The molecule has 174 valence electrons. The Labute approximate surface area is 192 Å². The number of anilines is 1. The van der Waals surface area contributed by atoms with Crippen molar-refractivity contribution in [3.05, 3.63) is 41.5 Å². The number of nitrogens with zero attached hydrogens (tertiary/aromatic N) is 6. The predicted octanol–water partition coefficient (Wildman–Crippen LogP) is 3.20. The predicted molar refractivity (Wildman–Crippen MR) is 122 cm³/mol. The number of aliphatic carboxylic acids is 1. The van der Waals surface area contributed by atoms with Gasteiger partial charge < -0.3 is 15.2 Å². The number of carbonyl (C=O) groups is 1. The van der Waals surface area contributed by atoms with E-state index in [-0.39, 0.29) is 11.8 Å². The van der Waals surface area contributed by atoms with Gasteiger partial charge in [0.25, 0.3) is 0 Å². The molecule has 0 unspecified atom stereocenters. The van der Waals surface area contributed by atoms with Crippen LogP contribution < -0.4 is 10.1 Å². The van der Waals surface area contributed by atoms with Gasteiger partial charge in [0.1, 0.15) is 11.4 Å². The fraction of sp³-hybridized carbons (Fsp3) is 0.478. The topological polar surface area (TPSA) is 128 Å². The molecule has 3 aromatic rings. The number of hydrogen-bond acceptors (Lipinski definition) is 8. The average molecular weight is 452 g/mol. The van der Waals surface area contributed by atoms with Gasteiger partial charge in [-0.05, 0) is 43.9 Å². The highest BCUT2D eigenvalue weighted by Crippen LogP contribution is 2.35. The van der Waals surface area contributed by atoms with Crippen molar-refractivity contribution in [2.24, 2.45) is 18.9 Å². The monoisotopic (exact) mass is 451 g/mol. The number of nitrogens with one attached hydrogen (secondary N) is 1. The zero-order valence-corrected chi connectivity index (χ0v) is 19.3. The van der Waals surface area contributed by atoms with Gasteiger partial charge in [-0.25, -0.2) is 19.6 Å². The molecule has 0 aromatic carbocycles. The standard InChI is InChI=1S/C23H29N7O3/c1-13(2)17-9-10-24-23(27-17)25-11-19-21(28-29-30(19)4)18-7-8-20(14(3)26-18)33-12-15-5-6-16(15)22(31)32/h7-10,13,15-16H,5-6,11-12H2,1-4H3,(H,31,32)(H,24,25,27)/t15-,16+/m0/s1.